The van der Waals surface area contributed by atoms with Crippen LogP contribution in [0.1, 0.15) is 6.42 Å². The molecule has 1 aliphatic rings. The van der Waals surface area contributed by atoms with E-state index >= 15 is 0 Å². The van der Waals surface area contributed by atoms with Gasteiger partial charge in [-0.1, -0.05) is 30.4 Å². The molecule has 0 fully saturated rings. The minimum atomic E-state index is 0.645. The highest BCUT2D eigenvalue weighted by molar-refractivity contribution is 5.94. The number of nitrogens with two attached hydrogens (primary N) is 1. The Morgan fingerprint density at radius 2 is 2.00 bits per heavy atom. The number of anilines is 1. The van der Waals surface area contributed by atoms with Crippen LogP contribution < -0.4 is 10.6 Å². The summed E-state index contributed by atoms with van der Waals surface area (Å²) in [6.07, 6.45) is 13.2. The van der Waals surface area contributed by atoms with Crippen LogP contribution in [0.5, 0.6) is 0 Å². The van der Waals surface area contributed by atoms with Gasteiger partial charge in [-0.25, -0.2) is 0 Å². The molecule has 0 saturated carbocycles. The summed E-state index contributed by atoms with van der Waals surface area (Å²) in [4.78, 5) is 5.51. The van der Waals surface area contributed by atoms with Crippen molar-refractivity contribution >= 4 is 16.6 Å². The van der Waals surface area contributed by atoms with Crippen LogP contribution in [-0.2, 0) is 0 Å². The van der Waals surface area contributed by atoms with Gasteiger partial charge >= 0.3 is 0 Å². The summed E-state index contributed by atoms with van der Waals surface area (Å²) in [7, 11) is 0. The predicted molar refractivity (Wildman–Crippen MR) is 80.8 cm³/mol. The average molecular weight is 251 g/mol. The fraction of sp³-hybridized carbons (Fsp3) is 0.125. The third-order valence-electron chi connectivity index (χ3n) is 3.28. The van der Waals surface area contributed by atoms with Crippen molar-refractivity contribution in [3.8, 4) is 0 Å². The largest absolute Gasteiger partial charge is 0.359 e. The predicted octanol–water partition coefficient (Wildman–Crippen LogP) is 3.29. The molecule has 19 heavy (non-hydrogen) atoms. The lowest BCUT2D eigenvalue weighted by molar-refractivity contribution is 0.914. The second-order valence-electron chi connectivity index (χ2n) is 4.51. The van der Waals surface area contributed by atoms with Crippen LogP contribution in [0.25, 0.3) is 10.9 Å². The average Bonchev–Trinajstić information content (AvgIpc) is 2.73. The van der Waals surface area contributed by atoms with Crippen molar-refractivity contribution < 1.29 is 0 Å². The van der Waals surface area contributed by atoms with E-state index in [1.54, 1.807) is 0 Å². The summed E-state index contributed by atoms with van der Waals surface area (Å²) in [5, 5.41) is 1.22. The molecule has 0 bridgehead atoms. The first-order valence-electron chi connectivity index (χ1n) is 6.49. The Hall–Kier alpha value is -2.26. The zero-order chi connectivity index (χ0) is 13.1. The Kier molecular flexibility index (Phi) is 3.21. The number of rotatable bonds is 3. The molecular weight excluding hydrogens is 234 g/mol. The minimum absolute atomic E-state index is 0.645. The lowest BCUT2D eigenvalue weighted by atomic mass is 10.2. The highest BCUT2D eigenvalue weighted by Gasteiger charge is 2.13. The summed E-state index contributed by atoms with van der Waals surface area (Å²) < 4.78 is 0. The second-order valence-corrected chi connectivity index (χ2v) is 4.51. The molecule has 0 spiro atoms. The van der Waals surface area contributed by atoms with Crippen molar-refractivity contribution in [1.29, 1.82) is 0 Å². The molecule has 0 unspecified atom stereocenters. The number of aromatic nitrogens is 1. The van der Waals surface area contributed by atoms with Crippen molar-refractivity contribution in [2.24, 2.45) is 5.73 Å². The van der Waals surface area contributed by atoms with Crippen molar-refractivity contribution in [3.05, 3.63) is 66.7 Å². The molecule has 2 heterocycles. The van der Waals surface area contributed by atoms with Gasteiger partial charge in [0, 0.05) is 35.4 Å². The van der Waals surface area contributed by atoms with Gasteiger partial charge in [-0.05, 0) is 24.8 Å². The Labute approximate surface area is 112 Å². The van der Waals surface area contributed by atoms with Crippen LogP contribution >= 0.6 is 0 Å². The highest BCUT2D eigenvalue weighted by atomic mass is 15.1. The van der Waals surface area contributed by atoms with Crippen LogP contribution in [0.2, 0.25) is 0 Å². The maximum absolute atomic E-state index is 5.72. The van der Waals surface area contributed by atoms with Crippen molar-refractivity contribution in [1.82, 2.24) is 4.98 Å². The molecule has 1 aliphatic heterocycles. The number of para-hydroxylation sites is 1. The minimum Gasteiger partial charge on any atom is -0.359 e. The smallest absolute Gasteiger partial charge is 0.0706 e. The summed E-state index contributed by atoms with van der Waals surface area (Å²) in [5.74, 6) is 0. The number of hydrogen-bond acceptors (Lipinski definition) is 2. The molecule has 96 valence electrons. The third-order valence-corrected chi connectivity index (χ3v) is 3.28. The second kappa shape index (κ2) is 5.16. The summed E-state index contributed by atoms with van der Waals surface area (Å²) in [6, 6.07) is 8.32. The van der Waals surface area contributed by atoms with Crippen LogP contribution in [0, 0.1) is 0 Å². The summed E-state index contributed by atoms with van der Waals surface area (Å²) >= 11 is 0. The van der Waals surface area contributed by atoms with E-state index in [9.17, 15) is 0 Å². The van der Waals surface area contributed by atoms with E-state index in [1.807, 2.05) is 24.4 Å². The van der Waals surface area contributed by atoms with Crippen LogP contribution in [0.3, 0.4) is 0 Å². The van der Waals surface area contributed by atoms with Gasteiger partial charge in [0.2, 0.25) is 0 Å². The number of nitrogens with one attached hydrogen (secondary N) is 1. The molecule has 3 nitrogen and oxygen atoms in total. The van der Waals surface area contributed by atoms with Crippen molar-refractivity contribution in [2.45, 2.75) is 6.42 Å². The van der Waals surface area contributed by atoms with E-state index in [2.05, 4.69) is 46.4 Å². The normalized spacial score (nSPS) is 14.8. The first-order valence-corrected chi connectivity index (χ1v) is 6.49. The van der Waals surface area contributed by atoms with Crippen LogP contribution in [0.15, 0.2) is 66.7 Å². The van der Waals surface area contributed by atoms with E-state index in [1.165, 1.54) is 11.1 Å². The number of aromatic amines is 1. The Morgan fingerprint density at radius 1 is 1.11 bits per heavy atom. The van der Waals surface area contributed by atoms with E-state index in [0.717, 1.165) is 17.6 Å². The summed E-state index contributed by atoms with van der Waals surface area (Å²) in [6.45, 7) is 0.645. The van der Waals surface area contributed by atoms with Gasteiger partial charge in [0.1, 0.15) is 0 Å². The van der Waals surface area contributed by atoms with E-state index in [-0.39, 0.29) is 0 Å². The van der Waals surface area contributed by atoms with Crippen LogP contribution in [-0.4, -0.2) is 11.5 Å². The maximum Gasteiger partial charge on any atom is 0.0706 e. The molecule has 0 atom stereocenters. The topological polar surface area (TPSA) is 45.0 Å². The van der Waals surface area contributed by atoms with E-state index in [4.69, 9.17) is 5.73 Å². The standard InChI is InChI=1S/C16H17N3/c17-10-9-13-6-2-1-5-11-19(13)16-12-18-15-8-4-3-7-14(15)16/h1-8,11-12,18H,9-10,17H2. The van der Waals surface area contributed by atoms with E-state index < -0.39 is 0 Å². The highest BCUT2D eigenvalue weighted by Crippen LogP contribution is 2.30. The lowest BCUT2D eigenvalue weighted by Crippen LogP contribution is -2.17. The number of allylic oxidation sites excluding steroid dienone is 4. The molecule has 1 aromatic carbocycles. The number of benzene rings is 1. The molecule has 0 radical (unpaired) electrons. The Morgan fingerprint density at radius 3 is 2.89 bits per heavy atom. The molecule has 2 aromatic rings. The van der Waals surface area contributed by atoms with Gasteiger partial charge < -0.3 is 15.6 Å². The molecule has 3 rings (SSSR count). The zero-order valence-electron chi connectivity index (χ0n) is 10.7. The molecule has 0 aliphatic carbocycles. The van der Waals surface area contributed by atoms with Gasteiger partial charge in [0.25, 0.3) is 0 Å². The Balaban J connectivity index is 2.08. The Bertz CT molecular complexity index is 661. The third kappa shape index (κ3) is 2.20. The number of fused-ring (bicyclic) bond motifs is 1. The van der Waals surface area contributed by atoms with Gasteiger partial charge in [0.05, 0.1) is 5.69 Å². The van der Waals surface area contributed by atoms with Gasteiger partial charge in [0.15, 0.2) is 0 Å². The number of hydrogen-bond donors (Lipinski definition) is 2. The quantitative estimate of drug-likeness (QED) is 0.879. The van der Waals surface area contributed by atoms with Crippen molar-refractivity contribution in [2.75, 3.05) is 11.4 Å². The fourth-order valence-corrected chi connectivity index (χ4v) is 2.38. The van der Waals surface area contributed by atoms with Gasteiger partial charge in [-0.15, -0.1) is 0 Å². The van der Waals surface area contributed by atoms with E-state index in [0.29, 0.717) is 6.54 Å². The van der Waals surface area contributed by atoms with Crippen molar-refractivity contribution in [3.63, 3.8) is 0 Å². The van der Waals surface area contributed by atoms with Crippen LogP contribution in [0.4, 0.5) is 5.69 Å². The maximum atomic E-state index is 5.72. The molecule has 0 amide bonds. The molecular formula is C16H17N3. The number of H-pyrrole nitrogens is 1. The first-order chi connectivity index (χ1) is 9.40. The number of nitrogens with zero attached hydrogens (tertiary/aromatic N) is 1. The summed E-state index contributed by atoms with van der Waals surface area (Å²) in [5.41, 5.74) is 9.23. The van der Waals surface area contributed by atoms with Gasteiger partial charge in [-0.2, -0.15) is 0 Å². The first kappa shape index (κ1) is 11.8. The molecule has 3 N–H and O–H groups in total. The lowest BCUT2D eigenvalue weighted by Gasteiger charge is -2.22. The molecule has 0 saturated heterocycles. The monoisotopic (exact) mass is 251 g/mol. The zero-order valence-corrected chi connectivity index (χ0v) is 10.7. The molecule has 1 aromatic heterocycles. The van der Waals surface area contributed by atoms with Gasteiger partial charge in [-0.3, -0.25) is 0 Å². The SMILES string of the molecule is NCCC1=CC=CC=CN1c1c[nH]c2ccccc12. The molecule has 3 heteroatoms. The fourth-order valence-electron chi connectivity index (χ4n) is 2.38.